The summed E-state index contributed by atoms with van der Waals surface area (Å²) in [5.41, 5.74) is 4.91. The van der Waals surface area contributed by atoms with Gasteiger partial charge >= 0.3 is 74.9 Å². The first kappa shape index (κ1) is 42.1. The van der Waals surface area contributed by atoms with Gasteiger partial charge in [0.05, 0.1) is 0 Å². The van der Waals surface area contributed by atoms with Crippen molar-refractivity contribution in [2.45, 2.75) is 64.7 Å². The molecule has 0 heterocycles. The molecule has 0 aliphatic carbocycles. The lowest BCUT2D eigenvalue weighted by atomic mass is 9.86. The van der Waals surface area contributed by atoms with Gasteiger partial charge < -0.3 is 5.73 Å². The summed E-state index contributed by atoms with van der Waals surface area (Å²) in [4.78, 5) is 0. The molecule has 0 amide bonds. The third kappa shape index (κ3) is 5.42. The number of nitrogens with two attached hydrogens (primary N) is 1. The highest BCUT2D eigenvalue weighted by Gasteiger charge is 2.99. The van der Waals surface area contributed by atoms with Crippen molar-refractivity contribution < 1.29 is 114 Å². The summed E-state index contributed by atoms with van der Waals surface area (Å²) in [5, 5.41) is -8.15. The lowest BCUT2D eigenvalue weighted by Gasteiger charge is -2.44. The molecule has 4 nitrogen and oxygen atoms in total. The number of halogens is 23. The maximum absolute atomic E-state index is 13.4. The van der Waals surface area contributed by atoms with Crippen LogP contribution in [0.2, 0.25) is 0 Å². The van der Waals surface area contributed by atoms with Gasteiger partial charge in [0.1, 0.15) is 0 Å². The minimum Gasteiger partial charge on any atom is -0.327 e. The van der Waals surface area contributed by atoms with Crippen LogP contribution < -0.4 is 5.73 Å². The van der Waals surface area contributed by atoms with Crippen molar-refractivity contribution in [3.8, 4) is 0 Å². The molecule has 0 aliphatic heterocycles. The van der Waals surface area contributed by atoms with Crippen molar-refractivity contribution in [2.75, 3.05) is 6.54 Å². The van der Waals surface area contributed by atoms with Gasteiger partial charge in [-0.1, -0.05) is 6.08 Å². The second-order valence-corrected chi connectivity index (χ2v) is 8.65. The highest BCUT2D eigenvalue weighted by atomic mass is 32.2. The summed E-state index contributed by atoms with van der Waals surface area (Å²) < 4.78 is 326. The minimum atomic E-state index is -9.58. The summed E-state index contributed by atoms with van der Waals surface area (Å²) in [6.07, 6.45) is -6.51. The third-order valence-electron chi connectivity index (χ3n) is 4.37. The summed E-state index contributed by atoms with van der Waals surface area (Å²) in [6, 6.07) is 0. The second-order valence-electron chi connectivity index (χ2n) is 7.18. The van der Waals surface area contributed by atoms with Gasteiger partial charge in [-0.2, -0.15) is 109 Å². The van der Waals surface area contributed by atoms with E-state index in [-0.39, 0.29) is 0 Å². The number of hydrogen-bond acceptors (Lipinski definition) is 3. The molecule has 0 rings (SSSR count). The molecule has 0 fully saturated rings. The molecule has 0 saturated heterocycles. The Kier molecular flexibility index (Phi) is 10.9. The first-order chi connectivity index (χ1) is 17.7. The maximum atomic E-state index is 13.4. The van der Waals surface area contributed by atoms with Gasteiger partial charge in [-0.05, 0) is 0 Å². The molecule has 0 bridgehead atoms. The van der Waals surface area contributed by atoms with E-state index in [0.29, 0.717) is 6.54 Å². The highest BCUT2D eigenvalue weighted by molar-refractivity contribution is 7.87. The quantitative estimate of drug-likeness (QED) is 0.140. The molecule has 0 spiro atoms. The van der Waals surface area contributed by atoms with E-state index in [4.69, 9.17) is 10.3 Å². The van der Waals surface area contributed by atoms with E-state index in [2.05, 4.69) is 6.58 Å². The Morgan fingerprint density at radius 2 is 0.643 bits per heavy atom. The molecule has 28 heteroatoms. The molecule has 0 aliphatic rings. The van der Waals surface area contributed by atoms with Crippen LogP contribution in [0.5, 0.6) is 0 Å². The van der Waals surface area contributed by atoms with E-state index in [1.165, 1.54) is 0 Å². The van der Waals surface area contributed by atoms with Crippen molar-refractivity contribution >= 4 is 10.1 Å². The molecule has 3 N–H and O–H groups in total. The van der Waals surface area contributed by atoms with Crippen LogP contribution in [-0.2, 0) is 10.1 Å². The molecule has 0 radical (unpaired) electrons. The van der Waals surface area contributed by atoms with Crippen molar-refractivity contribution in [1.29, 1.82) is 0 Å². The Morgan fingerprint density at radius 3 is 0.786 bits per heavy atom. The Hall–Kier alpha value is -2.00. The van der Waals surface area contributed by atoms with E-state index in [0.717, 1.165) is 0 Å². The maximum Gasteiger partial charge on any atom is 0.460 e. The average molecular weight is 707 g/mol. The Morgan fingerprint density at radius 1 is 0.476 bits per heavy atom. The van der Waals surface area contributed by atoms with Gasteiger partial charge in [-0.3, -0.25) is 4.55 Å². The van der Waals surface area contributed by atoms with Gasteiger partial charge in [0, 0.05) is 6.54 Å². The van der Waals surface area contributed by atoms with Crippen molar-refractivity contribution in [3.63, 3.8) is 0 Å². The lowest BCUT2D eigenvalue weighted by Crippen LogP contribution is -2.77. The van der Waals surface area contributed by atoms with Gasteiger partial charge in [0.15, 0.2) is 0 Å². The largest absolute Gasteiger partial charge is 0.460 e. The predicted molar refractivity (Wildman–Crippen MR) is 86.3 cm³/mol. The minimum absolute atomic E-state index is 0.583. The number of rotatable bonds is 11. The molecular formula is C14H8F23NO3S. The van der Waals surface area contributed by atoms with Crippen molar-refractivity contribution in [3.05, 3.63) is 12.7 Å². The van der Waals surface area contributed by atoms with Gasteiger partial charge in [0.2, 0.25) is 0 Å². The molecule has 0 aromatic carbocycles. The van der Waals surface area contributed by atoms with Gasteiger partial charge in [-0.25, -0.2) is 0 Å². The second kappa shape index (κ2) is 10.9. The van der Waals surface area contributed by atoms with Crippen LogP contribution in [0, 0.1) is 0 Å². The first-order valence-electron chi connectivity index (χ1n) is 8.79. The fraction of sp³-hybridized carbons (Fsp3) is 0.857. The van der Waals surface area contributed by atoms with Crippen molar-refractivity contribution in [2.24, 2.45) is 5.73 Å². The van der Waals surface area contributed by atoms with Crippen LogP contribution in [0.1, 0.15) is 0 Å². The van der Waals surface area contributed by atoms with Crippen molar-refractivity contribution in [1.82, 2.24) is 0 Å². The molecule has 0 atom stereocenters. The zero-order chi connectivity index (χ0) is 35.4. The summed E-state index contributed by atoms with van der Waals surface area (Å²) in [5.74, 6) is -83.2. The molecule has 0 aromatic heterocycles. The Bertz CT molecular complexity index is 1080. The monoisotopic (exact) mass is 707 g/mol. The summed E-state index contributed by atoms with van der Waals surface area (Å²) >= 11 is 0. The normalized spacial score (nSPS) is 16.1. The number of alkyl halides is 23. The van der Waals surface area contributed by atoms with E-state index < -0.39 is 74.9 Å². The fourth-order valence-corrected chi connectivity index (χ4v) is 2.36. The molecule has 0 saturated carbocycles. The topological polar surface area (TPSA) is 80.4 Å². The van der Waals surface area contributed by atoms with E-state index in [1.54, 1.807) is 6.08 Å². The van der Waals surface area contributed by atoms with E-state index >= 15 is 0 Å². The average Bonchev–Trinajstić information content (AvgIpc) is 2.76. The predicted octanol–water partition coefficient (Wildman–Crippen LogP) is 6.88. The lowest BCUT2D eigenvalue weighted by molar-refractivity contribution is -0.476. The van der Waals surface area contributed by atoms with Crippen LogP contribution >= 0.6 is 0 Å². The van der Waals surface area contributed by atoms with E-state index in [9.17, 15) is 109 Å². The first-order valence-corrected chi connectivity index (χ1v) is 10.2. The Balaban J connectivity index is 0. The van der Waals surface area contributed by atoms with Crippen LogP contribution in [0.3, 0.4) is 0 Å². The third-order valence-corrected chi connectivity index (χ3v) is 5.27. The molecule has 254 valence electrons. The van der Waals surface area contributed by atoms with Gasteiger partial charge in [0.25, 0.3) is 0 Å². The van der Waals surface area contributed by atoms with Gasteiger partial charge in [-0.15, -0.1) is 6.58 Å². The highest BCUT2D eigenvalue weighted by Crippen LogP contribution is 2.67. The SMILES string of the molecule is C=CCN.O=S(=O)(O)C(F)(F)C(F)(F)C(F)(F)C(F)(F)C(F)(F)C(F)(F)C(F)(F)C(F)(F)C(F)(F)C(F)(F)C(F)(F)F. The smallest absolute Gasteiger partial charge is 0.327 e. The zero-order valence-corrected chi connectivity index (χ0v) is 19.3. The van der Waals surface area contributed by atoms with Crippen LogP contribution in [0.15, 0.2) is 12.7 Å². The van der Waals surface area contributed by atoms with Crippen LogP contribution in [-0.4, -0.2) is 84.2 Å². The van der Waals surface area contributed by atoms with Crippen LogP contribution in [0.25, 0.3) is 0 Å². The molecular weight excluding hydrogens is 699 g/mol. The summed E-state index contributed by atoms with van der Waals surface area (Å²) in [6.45, 7) is 3.94. The Labute approximate surface area is 215 Å². The van der Waals surface area contributed by atoms with Crippen LogP contribution in [0.4, 0.5) is 101 Å². The summed E-state index contributed by atoms with van der Waals surface area (Å²) in [7, 11) is -8.17. The fourth-order valence-electron chi connectivity index (χ4n) is 1.90. The molecule has 42 heavy (non-hydrogen) atoms. The number of hydrogen-bond donors (Lipinski definition) is 2. The van der Waals surface area contributed by atoms with E-state index in [1.807, 2.05) is 0 Å². The standard InChI is InChI=1S/C11HF23O3S.C3H7N/c12-1(13,2(14,15)4(18,19)6(22,23)8(26,27)10(30,31)32)3(16,17)5(20,21)7(24,25)9(28,29)11(33,34)38(35,36)37;1-2-3-4/h(H,35,36,37);2H,1,3-4H2. The molecule has 0 unspecified atom stereocenters. The zero-order valence-electron chi connectivity index (χ0n) is 18.4. The molecule has 0 aromatic rings.